The number of rotatable bonds is 26. The summed E-state index contributed by atoms with van der Waals surface area (Å²) in [5.41, 5.74) is 9.11. The van der Waals surface area contributed by atoms with Gasteiger partial charge in [-0.25, -0.2) is 13.2 Å². The van der Waals surface area contributed by atoms with Gasteiger partial charge in [0.1, 0.15) is 63.4 Å². The van der Waals surface area contributed by atoms with E-state index in [1.165, 1.54) is 49.3 Å². The van der Waals surface area contributed by atoms with Crippen LogP contribution in [0.5, 0.6) is 18.0 Å². The molecule has 0 spiro atoms. The first-order valence-electron chi connectivity index (χ1n) is 48.4. The summed E-state index contributed by atoms with van der Waals surface area (Å²) in [6.45, 7) is 21.7. The molecule has 0 bridgehead atoms. The lowest BCUT2D eigenvalue weighted by atomic mass is 9.95. The number of nitrogens with zero attached hydrogens (tertiary/aromatic N) is 21. The van der Waals surface area contributed by atoms with Gasteiger partial charge >= 0.3 is 18.0 Å². The lowest BCUT2D eigenvalue weighted by molar-refractivity contribution is -0.129. The Morgan fingerprint density at radius 3 is 1.18 bits per heavy atom. The van der Waals surface area contributed by atoms with Crippen LogP contribution in [0.4, 0.5) is 47.7 Å². The quantitative estimate of drug-likeness (QED) is 0.0455. The molecular formula is C104H119Cl3F3N21O7. The molecule has 19 rings (SSSR count). The molecule has 9 aromatic rings. The number of benzene rings is 6. The highest BCUT2D eigenvalue weighted by molar-refractivity contribution is 6.37. The number of hydrogen-bond acceptors (Lipinski definition) is 25. The predicted octanol–water partition coefficient (Wildman–Crippen LogP) is 15.3. The highest BCUT2D eigenvalue weighted by atomic mass is 35.5. The van der Waals surface area contributed by atoms with Crippen molar-refractivity contribution in [1.82, 2.24) is 59.3 Å². The molecule has 138 heavy (non-hydrogen) atoms. The van der Waals surface area contributed by atoms with Crippen molar-refractivity contribution in [2.75, 3.05) is 187 Å². The number of carbonyl (C=O) groups is 3. The lowest BCUT2D eigenvalue weighted by Crippen LogP contribution is -2.55. The predicted molar refractivity (Wildman–Crippen MR) is 532 cm³/mol. The Morgan fingerprint density at radius 2 is 0.826 bits per heavy atom. The first-order valence-corrected chi connectivity index (χ1v) is 49.5. The third kappa shape index (κ3) is 21.8. The van der Waals surface area contributed by atoms with Crippen molar-refractivity contribution >= 4 is 119 Å². The SMILES string of the molecule is CC(C)N1CCC1COc1nc2c(c(N3CCN(C(=O)/C=C/CF)[C@@H](CC#N)C3)n1)CCN(c1cccc3cccc(Cl)c13)C2.CC(C)N1CCOC(COc2nc3c(c(N4CCN(C(=O)/C=C/CF)[C@@H](CC#N)C4)n2)CCN(c2cccc4cccc(Cl)c24)C3)C1.N#CC[C@H]1CN(c2nc(OCC34CCCN3CCC4)nc3c2CCN(c2cccc4cccc(Cl)c24)C3)CCN1C(=O)/C=C/CF. The fraction of sp³-hybridized carbons (Fsp3) is 0.481. The number of allylic oxidation sites excluding steroid dienone is 3. The minimum atomic E-state index is -0.714. The summed E-state index contributed by atoms with van der Waals surface area (Å²) in [6, 6.07) is 44.5. The first-order chi connectivity index (χ1) is 67.2. The van der Waals surface area contributed by atoms with Gasteiger partial charge in [0, 0.05) is 184 Å². The van der Waals surface area contributed by atoms with Gasteiger partial charge in [-0.2, -0.15) is 45.7 Å². The maximum atomic E-state index is 12.8. The van der Waals surface area contributed by atoms with Crippen molar-refractivity contribution in [3.63, 3.8) is 0 Å². The number of halogens is 6. The number of hydrogen-bond donors (Lipinski definition) is 0. The normalized spacial score (nSPS) is 20.7. The number of fused-ring (bicyclic) bond motifs is 7. The van der Waals surface area contributed by atoms with Gasteiger partial charge in [0.05, 0.1) is 120 Å². The maximum absolute atomic E-state index is 12.8. The third-order valence-electron chi connectivity index (χ3n) is 28.6. The van der Waals surface area contributed by atoms with Gasteiger partial charge in [0.15, 0.2) is 0 Å². The van der Waals surface area contributed by atoms with Gasteiger partial charge in [-0.15, -0.1) is 0 Å². The molecule has 10 aliphatic rings. The van der Waals surface area contributed by atoms with E-state index in [4.69, 9.17) is 83.7 Å². The fourth-order valence-electron chi connectivity index (χ4n) is 21.6. The highest BCUT2D eigenvalue weighted by Gasteiger charge is 2.46. The number of carbonyl (C=O) groups excluding carboxylic acids is 3. The van der Waals surface area contributed by atoms with E-state index in [2.05, 4.69) is 157 Å². The zero-order chi connectivity index (χ0) is 96.1. The molecule has 6 aromatic carbocycles. The molecule has 0 radical (unpaired) electrons. The minimum Gasteiger partial charge on any atom is -0.462 e. The molecule has 28 nitrogen and oxygen atoms in total. The summed E-state index contributed by atoms with van der Waals surface area (Å²) < 4.78 is 63.3. The minimum absolute atomic E-state index is 0.0577. The van der Waals surface area contributed by atoms with Crippen LogP contribution in [0.2, 0.25) is 15.1 Å². The Bertz CT molecular complexity index is 6110. The zero-order valence-corrected chi connectivity index (χ0v) is 81.1. The van der Waals surface area contributed by atoms with Gasteiger partial charge in [0.25, 0.3) is 0 Å². The molecule has 34 heteroatoms. The number of anilines is 6. The van der Waals surface area contributed by atoms with E-state index < -0.39 is 20.0 Å². The van der Waals surface area contributed by atoms with Crippen molar-refractivity contribution in [1.29, 1.82) is 15.8 Å². The molecule has 0 saturated carbocycles. The summed E-state index contributed by atoms with van der Waals surface area (Å²) in [4.78, 5) is 94.2. The van der Waals surface area contributed by atoms with E-state index in [1.807, 2.05) is 42.5 Å². The molecule has 0 aliphatic carbocycles. The Balaban J connectivity index is 0.000000143. The van der Waals surface area contributed by atoms with Crippen LogP contribution in [0.25, 0.3) is 32.3 Å². The second-order valence-electron chi connectivity index (χ2n) is 37.5. The van der Waals surface area contributed by atoms with Crippen LogP contribution in [0.1, 0.15) is 113 Å². The molecule has 7 fully saturated rings. The fourth-order valence-corrected chi connectivity index (χ4v) is 22.4. The summed E-state index contributed by atoms with van der Waals surface area (Å²) in [7, 11) is 0. The number of morpholine rings is 1. The molecule has 3 aromatic heterocycles. The molecule has 3 amide bonds. The Kier molecular flexibility index (Phi) is 31.8. The number of nitriles is 3. The van der Waals surface area contributed by atoms with E-state index in [9.17, 15) is 43.3 Å². The highest BCUT2D eigenvalue weighted by Crippen LogP contribution is 2.45. The van der Waals surface area contributed by atoms with E-state index in [1.54, 1.807) is 14.7 Å². The number of likely N-dealkylation sites (tertiary alicyclic amines) is 1. The number of aromatic nitrogens is 6. The average molecular weight is 1940 g/mol. The molecule has 7 saturated heterocycles. The molecule has 5 atom stereocenters. The number of amides is 3. The number of piperazine rings is 3. The van der Waals surface area contributed by atoms with E-state index >= 15 is 0 Å². The van der Waals surface area contributed by atoms with Gasteiger partial charge < -0.3 is 63.0 Å². The molecule has 10 aliphatic heterocycles. The Labute approximate surface area is 819 Å². The summed E-state index contributed by atoms with van der Waals surface area (Å²) in [5, 5.41) is 37.3. The van der Waals surface area contributed by atoms with Crippen LogP contribution in [0, 0.1) is 34.0 Å². The number of alkyl halides is 3. The van der Waals surface area contributed by atoms with E-state index in [0.29, 0.717) is 152 Å². The average Bonchev–Trinajstić information content (AvgIpc) is 0.793. The summed E-state index contributed by atoms with van der Waals surface area (Å²) >= 11 is 20.1. The van der Waals surface area contributed by atoms with Crippen LogP contribution in [-0.2, 0) is 58.0 Å². The third-order valence-corrected chi connectivity index (χ3v) is 29.6. The van der Waals surface area contributed by atoms with E-state index in [-0.39, 0.29) is 72.8 Å². The van der Waals surface area contributed by atoms with Crippen LogP contribution in [0.3, 0.4) is 0 Å². The van der Waals surface area contributed by atoms with Crippen molar-refractivity contribution in [3.8, 4) is 36.2 Å². The molecule has 0 N–H and O–H groups in total. The largest absolute Gasteiger partial charge is 0.462 e. The molecule has 13 heterocycles. The standard InChI is InChI=1S/C35H41ClFN7O3.C35H39ClFN7O2.C34H39ClFN7O2/c1-24(2)41-18-19-46-27(21-41)23-47-35-39-30-22-42(31-9-4-7-25-6-3-8-29(36)33(25)31)15-12-28(30)34(40-35)43-16-17-44(26(20-43)11-14-38)32(45)10-5-13-37;36-28-8-1-6-25-7-2-9-30(32(25)28)41-19-12-27-29(23-41)39-34(46-24-35-13-4-17-43(35)18-5-14-35)40-33(27)42-20-21-44(26(22-42)11-16-38)31(45)10-3-15-37;1-23(2)42-17-12-26(42)22-45-34-38-29-21-40(30-9-4-7-24-6-3-8-28(35)32(24)30)16-13-27(29)33(39-34)41-18-19-43(25(20-41)11-15-37)31(44)10-5-14-36/h3-10,24,26-27H,11-13,15-23H2,1-2H3;1-3,6-10,26H,4-5,11-15,17-24H2;3-10,23,25-26H,11-14,16-22H2,1-2H3/b10-5+;10-3+;10-5+/t26-,27?;26-;25-,26?/m000/s1. The van der Waals surface area contributed by atoms with Gasteiger partial charge in [-0.1, -0.05) is 108 Å². The zero-order valence-electron chi connectivity index (χ0n) is 78.8. The smallest absolute Gasteiger partial charge is 0.318 e. The van der Waals surface area contributed by atoms with Crippen LogP contribution >= 0.6 is 34.8 Å². The second kappa shape index (κ2) is 44.9. The van der Waals surface area contributed by atoms with Gasteiger partial charge in [-0.3, -0.25) is 29.1 Å². The first kappa shape index (κ1) is 97.8. The molecular weight excluding hydrogens is 1820 g/mol. The summed E-state index contributed by atoms with van der Waals surface area (Å²) in [5.74, 6) is 1.55. The van der Waals surface area contributed by atoms with Crippen molar-refractivity contribution < 1.29 is 46.5 Å². The van der Waals surface area contributed by atoms with Crippen LogP contribution in [0.15, 0.2) is 146 Å². The van der Waals surface area contributed by atoms with Gasteiger partial charge in [-0.05, 0) is 163 Å². The summed E-state index contributed by atoms with van der Waals surface area (Å²) in [6.07, 6.45) is 15.7. The van der Waals surface area contributed by atoms with Crippen molar-refractivity contribution in [2.24, 2.45) is 0 Å². The van der Waals surface area contributed by atoms with Crippen molar-refractivity contribution in [2.45, 2.75) is 166 Å². The Hall–Kier alpha value is -11.9. The van der Waals surface area contributed by atoms with Crippen LogP contribution in [-0.4, -0.2) is 283 Å². The van der Waals surface area contributed by atoms with Gasteiger partial charge in [0.2, 0.25) is 17.7 Å². The van der Waals surface area contributed by atoms with Crippen molar-refractivity contribution in [3.05, 3.63) is 194 Å². The molecule has 2 unspecified atom stereocenters. The Morgan fingerprint density at radius 1 is 0.449 bits per heavy atom. The maximum Gasteiger partial charge on any atom is 0.318 e. The van der Waals surface area contributed by atoms with E-state index in [0.717, 1.165) is 190 Å². The molecule has 724 valence electrons. The second-order valence-corrected chi connectivity index (χ2v) is 38.7. The lowest BCUT2D eigenvalue weighted by Gasteiger charge is -2.43. The van der Waals surface area contributed by atoms with Crippen LogP contribution < -0.4 is 43.6 Å². The number of ether oxygens (including phenoxy) is 4. The monoisotopic (exact) mass is 1940 g/mol. The topological polar surface area (TPSA) is 276 Å².